The van der Waals surface area contributed by atoms with E-state index in [9.17, 15) is 14.9 Å². The molecular formula is C22H24N4O3S. The van der Waals surface area contributed by atoms with E-state index >= 15 is 0 Å². The van der Waals surface area contributed by atoms with Gasteiger partial charge in [0.05, 0.1) is 11.5 Å². The Bertz CT molecular complexity index is 1040. The fraction of sp³-hybridized carbons (Fsp3) is 0.273. The maximum absolute atomic E-state index is 12.3. The average Bonchev–Trinajstić information content (AvgIpc) is 3.00. The molecule has 0 fully saturated rings. The molecule has 30 heavy (non-hydrogen) atoms. The molecule has 3 aromatic rings. The van der Waals surface area contributed by atoms with Crippen LogP contribution in [0.1, 0.15) is 32.9 Å². The number of carbonyl (C=O) groups excluding carboxylic acids is 1. The van der Waals surface area contributed by atoms with Crippen molar-refractivity contribution in [2.75, 3.05) is 12.3 Å². The van der Waals surface area contributed by atoms with Crippen molar-refractivity contribution in [2.24, 2.45) is 0 Å². The molecule has 0 aliphatic rings. The van der Waals surface area contributed by atoms with Gasteiger partial charge >= 0.3 is 5.69 Å². The molecule has 1 heterocycles. The second kappa shape index (κ2) is 9.58. The molecule has 1 amide bonds. The second-order valence-corrected chi connectivity index (χ2v) is 8.22. The van der Waals surface area contributed by atoms with Gasteiger partial charge in [0.25, 0.3) is 5.91 Å². The third kappa shape index (κ3) is 5.27. The highest BCUT2D eigenvalue weighted by Gasteiger charge is 2.21. The van der Waals surface area contributed by atoms with Crippen LogP contribution in [0.4, 0.5) is 5.69 Å². The summed E-state index contributed by atoms with van der Waals surface area (Å²) in [6.07, 6.45) is 0. The van der Waals surface area contributed by atoms with Gasteiger partial charge in [-0.1, -0.05) is 29.8 Å². The lowest BCUT2D eigenvalue weighted by molar-refractivity contribution is -0.386. The summed E-state index contributed by atoms with van der Waals surface area (Å²) < 4.78 is 1.62. The molecule has 0 bridgehead atoms. The van der Waals surface area contributed by atoms with Crippen molar-refractivity contribution in [1.82, 2.24) is 15.1 Å². The molecule has 0 saturated carbocycles. The largest absolute Gasteiger partial charge is 0.351 e. The third-order valence-electron chi connectivity index (χ3n) is 4.75. The van der Waals surface area contributed by atoms with E-state index in [1.54, 1.807) is 42.4 Å². The van der Waals surface area contributed by atoms with Gasteiger partial charge < -0.3 is 5.32 Å². The first-order valence-electron chi connectivity index (χ1n) is 9.60. The van der Waals surface area contributed by atoms with Crippen LogP contribution in [0.25, 0.3) is 0 Å². The van der Waals surface area contributed by atoms with Crippen LogP contribution in [-0.2, 0) is 6.54 Å². The van der Waals surface area contributed by atoms with E-state index in [0.717, 1.165) is 11.3 Å². The number of aromatic nitrogens is 2. The smallest absolute Gasteiger partial charge is 0.312 e. The van der Waals surface area contributed by atoms with Gasteiger partial charge in [-0.25, -0.2) is 0 Å². The summed E-state index contributed by atoms with van der Waals surface area (Å²) in [4.78, 5) is 24.3. The van der Waals surface area contributed by atoms with Gasteiger partial charge in [-0.15, -0.1) is 11.8 Å². The highest BCUT2D eigenvalue weighted by Crippen LogP contribution is 2.22. The van der Waals surface area contributed by atoms with Crippen molar-refractivity contribution in [3.05, 3.63) is 86.7 Å². The monoisotopic (exact) mass is 424 g/mol. The predicted octanol–water partition coefficient (Wildman–Crippen LogP) is 4.29. The summed E-state index contributed by atoms with van der Waals surface area (Å²) in [5, 5.41) is 18.3. The molecule has 0 radical (unpaired) electrons. The van der Waals surface area contributed by atoms with Gasteiger partial charge in [0.2, 0.25) is 0 Å². The molecule has 0 aliphatic carbocycles. The van der Waals surface area contributed by atoms with E-state index < -0.39 is 4.92 Å². The Labute approximate surface area is 179 Å². The van der Waals surface area contributed by atoms with Crippen LogP contribution in [0, 0.1) is 30.9 Å². The summed E-state index contributed by atoms with van der Waals surface area (Å²) in [6.45, 7) is 6.37. The normalized spacial score (nSPS) is 10.8. The van der Waals surface area contributed by atoms with Crippen LogP contribution in [-0.4, -0.2) is 32.9 Å². The predicted molar refractivity (Wildman–Crippen MR) is 118 cm³/mol. The number of rotatable bonds is 8. The number of amides is 1. The molecule has 0 aliphatic heterocycles. The number of nitro groups is 1. The van der Waals surface area contributed by atoms with E-state index in [2.05, 4.69) is 41.6 Å². The fourth-order valence-electron chi connectivity index (χ4n) is 3.11. The fourth-order valence-corrected chi connectivity index (χ4v) is 3.88. The minimum absolute atomic E-state index is 0.0505. The lowest BCUT2D eigenvalue weighted by Gasteiger charge is -2.07. The third-order valence-corrected chi connectivity index (χ3v) is 5.77. The molecule has 0 saturated heterocycles. The molecule has 1 aromatic heterocycles. The zero-order chi connectivity index (χ0) is 21.7. The van der Waals surface area contributed by atoms with E-state index in [0.29, 0.717) is 30.0 Å². The number of thioether (sulfide) groups is 1. The molecule has 7 nitrogen and oxygen atoms in total. The topological polar surface area (TPSA) is 90.1 Å². The van der Waals surface area contributed by atoms with E-state index in [1.165, 1.54) is 10.5 Å². The highest BCUT2D eigenvalue weighted by molar-refractivity contribution is 7.99. The number of carbonyl (C=O) groups is 1. The summed E-state index contributed by atoms with van der Waals surface area (Å²) in [7, 11) is 0. The van der Waals surface area contributed by atoms with Crippen molar-refractivity contribution in [1.29, 1.82) is 0 Å². The van der Waals surface area contributed by atoms with E-state index in [1.807, 2.05) is 12.1 Å². The van der Waals surface area contributed by atoms with Crippen LogP contribution in [0.15, 0.2) is 53.4 Å². The van der Waals surface area contributed by atoms with Gasteiger partial charge in [-0.05, 0) is 50.6 Å². The van der Waals surface area contributed by atoms with Crippen molar-refractivity contribution in [3.63, 3.8) is 0 Å². The first-order valence-corrected chi connectivity index (χ1v) is 10.6. The molecule has 0 unspecified atom stereocenters. The number of hydrogen-bond acceptors (Lipinski definition) is 5. The van der Waals surface area contributed by atoms with Crippen LogP contribution >= 0.6 is 11.8 Å². The first-order chi connectivity index (χ1) is 14.3. The Kier molecular flexibility index (Phi) is 6.89. The molecule has 8 heteroatoms. The van der Waals surface area contributed by atoms with Crippen LogP contribution in [0.5, 0.6) is 0 Å². The Balaban J connectivity index is 1.52. The zero-order valence-corrected chi connectivity index (χ0v) is 18.0. The van der Waals surface area contributed by atoms with Gasteiger partial charge in [0.15, 0.2) is 0 Å². The summed E-state index contributed by atoms with van der Waals surface area (Å²) in [5.74, 6) is 0.677. The molecular weight excluding hydrogens is 400 g/mol. The second-order valence-electron chi connectivity index (χ2n) is 7.05. The van der Waals surface area contributed by atoms with Crippen molar-refractivity contribution in [2.45, 2.75) is 32.2 Å². The molecule has 1 N–H and O–H groups in total. The SMILES string of the molecule is Cc1ccc(SCCNC(=O)c2ccc(Cn3nc(C)c([N+](=O)[O-])c3C)cc2)cc1. The Morgan fingerprint density at radius 1 is 1.10 bits per heavy atom. The summed E-state index contributed by atoms with van der Waals surface area (Å²) in [6, 6.07) is 15.5. The maximum Gasteiger partial charge on any atom is 0.312 e. The number of aryl methyl sites for hydroxylation is 2. The van der Waals surface area contributed by atoms with Gasteiger partial charge in [-0.3, -0.25) is 19.6 Å². The molecule has 3 rings (SSSR count). The van der Waals surface area contributed by atoms with Gasteiger partial charge in [0, 0.05) is 22.8 Å². The Morgan fingerprint density at radius 3 is 2.37 bits per heavy atom. The molecule has 0 atom stereocenters. The van der Waals surface area contributed by atoms with Gasteiger partial charge in [0.1, 0.15) is 11.4 Å². The van der Waals surface area contributed by atoms with Gasteiger partial charge in [-0.2, -0.15) is 5.10 Å². The van der Waals surface area contributed by atoms with Crippen molar-refractivity contribution < 1.29 is 9.72 Å². The van der Waals surface area contributed by atoms with Crippen LogP contribution < -0.4 is 5.32 Å². The standard InChI is InChI=1S/C22H24N4O3S/c1-15-4-10-20(11-5-15)30-13-12-23-22(27)19-8-6-18(7-9-19)14-25-17(3)21(26(28)29)16(2)24-25/h4-11H,12-14H2,1-3H3,(H,23,27). The Morgan fingerprint density at radius 2 is 1.77 bits per heavy atom. The number of nitrogens with zero attached hydrogens (tertiary/aromatic N) is 3. The summed E-state index contributed by atoms with van der Waals surface area (Å²) >= 11 is 1.70. The summed E-state index contributed by atoms with van der Waals surface area (Å²) in [5.41, 5.74) is 3.70. The first kappa shape index (κ1) is 21.6. The minimum atomic E-state index is -0.404. The van der Waals surface area contributed by atoms with Crippen LogP contribution in [0.3, 0.4) is 0 Å². The van der Waals surface area contributed by atoms with Crippen molar-refractivity contribution in [3.8, 4) is 0 Å². The quantitative estimate of drug-likeness (QED) is 0.252. The molecule has 2 aromatic carbocycles. The van der Waals surface area contributed by atoms with Crippen LogP contribution in [0.2, 0.25) is 0 Å². The molecule has 0 spiro atoms. The lowest BCUT2D eigenvalue weighted by Crippen LogP contribution is -2.25. The maximum atomic E-state index is 12.3. The Hall–Kier alpha value is -3.13. The minimum Gasteiger partial charge on any atom is -0.351 e. The van der Waals surface area contributed by atoms with E-state index in [-0.39, 0.29) is 11.6 Å². The van der Waals surface area contributed by atoms with E-state index in [4.69, 9.17) is 0 Å². The number of hydrogen-bond donors (Lipinski definition) is 1. The number of benzene rings is 2. The molecule has 156 valence electrons. The lowest BCUT2D eigenvalue weighted by atomic mass is 10.1. The zero-order valence-electron chi connectivity index (χ0n) is 17.2. The highest BCUT2D eigenvalue weighted by atomic mass is 32.2. The van der Waals surface area contributed by atoms with Crippen molar-refractivity contribution >= 4 is 23.4 Å². The number of nitrogens with one attached hydrogen (secondary N) is 1. The average molecular weight is 425 g/mol.